The molecule has 0 radical (unpaired) electrons. The number of aromatic nitrogens is 2. The maximum absolute atomic E-state index is 4.53. The first-order chi connectivity index (χ1) is 10.1. The van der Waals surface area contributed by atoms with Crippen molar-refractivity contribution in [2.24, 2.45) is 5.41 Å². The van der Waals surface area contributed by atoms with Gasteiger partial charge in [-0.3, -0.25) is 0 Å². The smallest absolute Gasteiger partial charge is 0.129 e. The lowest BCUT2D eigenvalue weighted by atomic mass is 9.86. The minimum Gasteiger partial charge on any atom is -0.369 e. The van der Waals surface area contributed by atoms with Crippen LogP contribution < -0.4 is 5.32 Å². The standard InChI is InChI=1S/C19H29N3/c1-14-8-9-15(19(5,6)7)12-16(14)22-17(10-11-21-22)20-13-18(2,3)4/h8-12,20H,13H2,1-7H3. The second-order valence-electron chi connectivity index (χ2n) is 8.29. The molecule has 0 saturated heterocycles. The molecule has 3 heteroatoms. The molecular formula is C19H29N3. The molecule has 120 valence electrons. The molecule has 1 aromatic carbocycles. The zero-order chi connectivity index (χ0) is 16.5. The summed E-state index contributed by atoms with van der Waals surface area (Å²) in [6.45, 7) is 16.5. The zero-order valence-electron chi connectivity index (χ0n) is 15.0. The Morgan fingerprint density at radius 3 is 2.32 bits per heavy atom. The van der Waals surface area contributed by atoms with Gasteiger partial charge >= 0.3 is 0 Å². The summed E-state index contributed by atoms with van der Waals surface area (Å²) >= 11 is 0. The molecule has 0 spiro atoms. The lowest BCUT2D eigenvalue weighted by molar-refractivity contribution is 0.442. The van der Waals surface area contributed by atoms with E-state index in [9.17, 15) is 0 Å². The molecular weight excluding hydrogens is 270 g/mol. The van der Waals surface area contributed by atoms with Crippen LogP contribution in [0, 0.1) is 12.3 Å². The molecule has 3 nitrogen and oxygen atoms in total. The maximum atomic E-state index is 4.53. The number of nitrogens with one attached hydrogen (secondary N) is 1. The molecule has 0 atom stereocenters. The van der Waals surface area contributed by atoms with Crippen molar-refractivity contribution in [2.75, 3.05) is 11.9 Å². The van der Waals surface area contributed by atoms with Crippen molar-refractivity contribution in [3.8, 4) is 5.69 Å². The monoisotopic (exact) mass is 299 g/mol. The SMILES string of the molecule is Cc1ccc(C(C)(C)C)cc1-n1nccc1NCC(C)(C)C. The Balaban J connectivity index is 2.39. The second-order valence-corrected chi connectivity index (χ2v) is 8.29. The van der Waals surface area contributed by atoms with Gasteiger partial charge in [0, 0.05) is 12.6 Å². The summed E-state index contributed by atoms with van der Waals surface area (Å²) in [5, 5.41) is 8.04. The van der Waals surface area contributed by atoms with Crippen LogP contribution in [-0.2, 0) is 5.41 Å². The van der Waals surface area contributed by atoms with Crippen LogP contribution in [0.25, 0.3) is 5.69 Å². The number of hydrogen-bond acceptors (Lipinski definition) is 2. The molecule has 1 aromatic heterocycles. The van der Waals surface area contributed by atoms with Crippen LogP contribution in [0.15, 0.2) is 30.5 Å². The molecule has 0 aliphatic carbocycles. The molecule has 0 unspecified atom stereocenters. The highest BCUT2D eigenvalue weighted by molar-refractivity contribution is 5.51. The Labute approximate surface area is 134 Å². The molecule has 0 fully saturated rings. The van der Waals surface area contributed by atoms with Gasteiger partial charge in [-0.2, -0.15) is 5.10 Å². The molecule has 0 aliphatic rings. The van der Waals surface area contributed by atoms with Gasteiger partial charge in [0.1, 0.15) is 5.82 Å². The van der Waals surface area contributed by atoms with Crippen molar-refractivity contribution in [3.63, 3.8) is 0 Å². The lowest BCUT2D eigenvalue weighted by Gasteiger charge is -2.23. The van der Waals surface area contributed by atoms with Crippen molar-refractivity contribution in [2.45, 2.75) is 53.9 Å². The minimum atomic E-state index is 0.134. The summed E-state index contributed by atoms with van der Waals surface area (Å²) in [7, 11) is 0. The number of anilines is 1. The van der Waals surface area contributed by atoms with Gasteiger partial charge in [-0.25, -0.2) is 4.68 Å². The van der Waals surface area contributed by atoms with E-state index in [-0.39, 0.29) is 10.8 Å². The topological polar surface area (TPSA) is 29.9 Å². The van der Waals surface area contributed by atoms with Gasteiger partial charge in [-0.05, 0) is 34.9 Å². The number of aryl methyl sites for hydroxylation is 1. The van der Waals surface area contributed by atoms with Crippen molar-refractivity contribution in [1.29, 1.82) is 0 Å². The Morgan fingerprint density at radius 2 is 1.73 bits per heavy atom. The molecule has 0 saturated carbocycles. The van der Waals surface area contributed by atoms with Gasteiger partial charge < -0.3 is 5.32 Å². The van der Waals surface area contributed by atoms with Crippen molar-refractivity contribution in [3.05, 3.63) is 41.6 Å². The zero-order valence-corrected chi connectivity index (χ0v) is 15.0. The summed E-state index contributed by atoms with van der Waals surface area (Å²) < 4.78 is 2.01. The largest absolute Gasteiger partial charge is 0.369 e. The van der Waals surface area contributed by atoms with Crippen molar-refractivity contribution >= 4 is 5.82 Å². The van der Waals surface area contributed by atoms with Gasteiger partial charge in [0.05, 0.1) is 11.9 Å². The third-order valence-corrected chi connectivity index (χ3v) is 3.75. The van der Waals surface area contributed by atoms with E-state index in [0.717, 1.165) is 18.1 Å². The molecule has 0 bridgehead atoms. The van der Waals surface area contributed by atoms with E-state index in [1.54, 1.807) is 0 Å². The van der Waals surface area contributed by atoms with Gasteiger partial charge in [-0.1, -0.05) is 53.7 Å². The van der Waals surface area contributed by atoms with Gasteiger partial charge in [0.15, 0.2) is 0 Å². The van der Waals surface area contributed by atoms with E-state index in [2.05, 4.69) is 77.1 Å². The van der Waals surface area contributed by atoms with E-state index in [0.29, 0.717) is 0 Å². The summed E-state index contributed by atoms with van der Waals surface area (Å²) in [5.41, 5.74) is 4.07. The lowest BCUT2D eigenvalue weighted by Crippen LogP contribution is -2.21. The Bertz CT molecular complexity index is 639. The molecule has 2 rings (SSSR count). The Hall–Kier alpha value is -1.77. The fourth-order valence-corrected chi connectivity index (χ4v) is 2.29. The van der Waals surface area contributed by atoms with Crippen LogP contribution in [0.1, 0.15) is 52.7 Å². The van der Waals surface area contributed by atoms with Crippen molar-refractivity contribution in [1.82, 2.24) is 9.78 Å². The molecule has 1 heterocycles. The van der Waals surface area contributed by atoms with Crippen LogP contribution >= 0.6 is 0 Å². The first-order valence-corrected chi connectivity index (χ1v) is 7.97. The number of nitrogens with zero attached hydrogens (tertiary/aromatic N) is 2. The average Bonchev–Trinajstić information content (AvgIpc) is 2.83. The van der Waals surface area contributed by atoms with Crippen LogP contribution in [-0.4, -0.2) is 16.3 Å². The molecule has 2 aromatic rings. The van der Waals surface area contributed by atoms with Crippen molar-refractivity contribution < 1.29 is 0 Å². The van der Waals surface area contributed by atoms with E-state index >= 15 is 0 Å². The van der Waals surface area contributed by atoms with Gasteiger partial charge in [-0.15, -0.1) is 0 Å². The van der Waals surface area contributed by atoms with Crippen LogP contribution in [0.4, 0.5) is 5.82 Å². The summed E-state index contributed by atoms with van der Waals surface area (Å²) in [6, 6.07) is 8.69. The molecule has 22 heavy (non-hydrogen) atoms. The van der Waals surface area contributed by atoms with E-state index < -0.39 is 0 Å². The highest BCUT2D eigenvalue weighted by Gasteiger charge is 2.17. The first kappa shape index (κ1) is 16.6. The normalized spacial score (nSPS) is 12.5. The molecule has 0 aliphatic heterocycles. The summed E-state index contributed by atoms with van der Waals surface area (Å²) in [6.07, 6.45) is 1.86. The number of benzene rings is 1. The Morgan fingerprint density at radius 1 is 1.05 bits per heavy atom. The highest BCUT2D eigenvalue weighted by Crippen LogP contribution is 2.27. The van der Waals surface area contributed by atoms with Crippen LogP contribution in [0.5, 0.6) is 0 Å². The summed E-state index contributed by atoms with van der Waals surface area (Å²) in [4.78, 5) is 0. The fourth-order valence-electron chi connectivity index (χ4n) is 2.29. The third-order valence-electron chi connectivity index (χ3n) is 3.75. The average molecular weight is 299 g/mol. The predicted molar refractivity (Wildman–Crippen MR) is 94.9 cm³/mol. The third kappa shape index (κ3) is 3.90. The summed E-state index contributed by atoms with van der Waals surface area (Å²) in [5.74, 6) is 1.05. The van der Waals surface area contributed by atoms with E-state index in [4.69, 9.17) is 0 Å². The van der Waals surface area contributed by atoms with Gasteiger partial charge in [0.25, 0.3) is 0 Å². The minimum absolute atomic E-state index is 0.134. The van der Waals surface area contributed by atoms with Crippen LogP contribution in [0.2, 0.25) is 0 Å². The van der Waals surface area contributed by atoms with Crippen LogP contribution in [0.3, 0.4) is 0 Å². The highest BCUT2D eigenvalue weighted by atomic mass is 15.3. The molecule has 0 amide bonds. The van der Waals surface area contributed by atoms with Gasteiger partial charge in [0.2, 0.25) is 0 Å². The number of rotatable bonds is 3. The molecule has 1 N–H and O–H groups in total. The number of hydrogen-bond donors (Lipinski definition) is 1. The predicted octanol–water partition coefficient (Wildman–Crippen LogP) is 4.94. The van der Waals surface area contributed by atoms with E-state index in [1.165, 1.54) is 11.1 Å². The quantitative estimate of drug-likeness (QED) is 0.870. The second kappa shape index (κ2) is 5.79. The fraction of sp³-hybridized carbons (Fsp3) is 0.526. The first-order valence-electron chi connectivity index (χ1n) is 7.97. The Kier molecular flexibility index (Phi) is 4.37. The maximum Gasteiger partial charge on any atom is 0.129 e. The van der Waals surface area contributed by atoms with E-state index in [1.807, 2.05) is 16.9 Å².